The van der Waals surface area contributed by atoms with Gasteiger partial charge in [0.25, 0.3) is 5.91 Å². The molecule has 3 amide bonds. The van der Waals surface area contributed by atoms with Crippen LogP contribution in [0, 0.1) is 13.8 Å². The van der Waals surface area contributed by atoms with Gasteiger partial charge in [-0.15, -0.1) is 0 Å². The van der Waals surface area contributed by atoms with Crippen LogP contribution in [0.25, 0.3) is 0 Å². The number of likely N-dealkylation sites (tertiary alicyclic amines) is 1. The third-order valence-electron chi connectivity index (χ3n) is 7.97. The van der Waals surface area contributed by atoms with Crippen LogP contribution in [0.4, 0.5) is 9.18 Å². The van der Waals surface area contributed by atoms with Crippen LogP contribution in [0.1, 0.15) is 75.5 Å². The van der Waals surface area contributed by atoms with Crippen LogP contribution in [0.5, 0.6) is 0 Å². The SMILES string of the molecule is C=C(/C=C\C=C(/C)F)C1CN(C(C)(C)C)C(=O)N1C1CCN(C(C)CCNC(=O)c2c(C)cc(Cl)nc2C)CC1. The molecule has 1 aromatic heterocycles. The standard InChI is InChI=1S/C31H45ClFN5O2/c1-20(10-9-11-22(3)33)26-19-37(31(6,7)8)30(40)38(26)25-13-16-36(17-14-25)23(4)12-15-34-29(39)28-21(2)18-27(32)35-24(28)5/h9-11,18,23,25-26H,1,12-17,19H2,2-8H3,(H,34,39)/b10-9-,22-11+. The van der Waals surface area contributed by atoms with Crippen molar-refractivity contribution in [1.29, 1.82) is 0 Å². The van der Waals surface area contributed by atoms with Gasteiger partial charge in [-0.1, -0.05) is 30.3 Å². The lowest BCUT2D eigenvalue weighted by Crippen LogP contribution is -2.52. The number of rotatable bonds is 9. The Labute approximate surface area is 244 Å². The number of allylic oxidation sites excluding steroid dienone is 3. The summed E-state index contributed by atoms with van der Waals surface area (Å²) in [4.78, 5) is 37.0. The van der Waals surface area contributed by atoms with E-state index in [4.69, 9.17) is 11.6 Å². The Kier molecular flexibility index (Phi) is 10.6. The summed E-state index contributed by atoms with van der Waals surface area (Å²) in [7, 11) is 0. The first-order valence-corrected chi connectivity index (χ1v) is 14.5. The molecule has 3 rings (SSSR count). The van der Waals surface area contributed by atoms with E-state index in [0.717, 1.165) is 43.5 Å². The number of aryl methyl sites for hydroxylation is 2. The van der Waals surface area contributed by atoms with Gasteiger partial charge in [0.05, 0.1) is 23.1 Å². The average molecular weight is 574 g/mol. The van der Waals surface area contributed by atoms with Gasteiger partial charge in [-0.2, -0.15) is 0 Å². The highest BCUT2D eigenvalue weighted by atomic mass is 35.5. The normalized spacial score (nSPS) is 20.5. The Morgan fingerprint density at radius 3 is 2.52 bits per heavy atom. The quantitative estimate of drug-likeness (QED) is 0.281. The highest BCUT2D eigenvalue weighted by Gasteiger charge is 2.46. The summed E-state index contributed by atoms with van der Waals surface area (Å²) in [5.74, 6) is -0.397. The van der Waals surface area contributed by atoms with Crippen molar-refractivity contribution in [3.63, 3.8) is 0 Å². The molecule has 9 heteroatoms. The molecule has 0 radical (unpaired) electrons. The molecular weight excluding hydrogens is 529 g/mol. The topological polar surface area (TPSA) is 68.8 Å². The third kappa shape index (κ3) is 7.72. The van der Waals surface area contributed by atoms with Crippen LogP contribution >= 0.6 is 11.6 Å². The minimum Gasteiger partial charge on any atom is -0.352 e. The molecule has 2 unspecified atom stereocenters. The predicted octanol–water partition coefficient (Wildman–Crippen LogP) is 6.22. The summed E-state index contributed by atoms with van der Waals surface area (Å²) in [6.07, 6.45) is 7.44. The fraction of sp³-hybridized carbons (Fsp3) is 0.581. The lowest BCUT2D eigenvalue weighted by Gasteiger charge is -2.41. The van der Waals surface area contributed by atoms with Crippen molar-refractivity contribution in [3.8, 4) is 0 Å². The molecule has 220 valence electrons. The average Bonchev–Trinajstić information content (AvgIpc) is 3.20. The fourth-order valence-electron chi connectivity index (χ4n) is 5.69. The number of urea groups is 1. The van der Waals surface area contributed by atoms with Gasteiger partial charge in [0.1, 0.15) is 5.15 Å². The Bertz CT molecular complexity index is 1140. The largest absolute Gasteiger partial charge is 0.352 e. The molecule has 2 atom stereocenters. The highest BCUT2D eigenvalue weighted by molar-refractivity contribution is 6.29. The van der Waals surface area contributed by atoms with E-state index in [1.54, 1.807) is 19.1 Å². The maximum Gasteiger partial charge on any atom is 0.321 e. The number of piperidine rings is 1. The number of carbonyl (C=O) groups excluding carboxylic acids is 2. The number of hydrogen-bond acceptors (Lipinski definition) is 4. The molecule has 40 heavy (non-hydrogen) atoms. The second kappa shape index (κ2) is 13.3. The maximum absolute atomic E-state index is 13.6. The van der Waals surface area contributed by atoms with Crippen LogP contribution in [0.2, 0.25) is 5.15 Å². The van der Waals surface area contributed by atoms with Gasteiger partial charge in [-0.3, -0.25) is 4.79 Å². The summed E-state index contributed by atoms with van der Waals surface area (Å²) in [5, 5.41) is 3.43. The van der Waals surface area contributed by atoms with Gasteiger partial charge in [0, 0.05) is 43.8 Å². The van der Waals surface area contributed by atoms with Gasteiger partial charge in [0.2, 0.25) is 0 Å². The minimum atomic E-state index is -0.303. The Morgan fingerprint density at radius 2 is 1.95 bits per heavy atom. The van der Waals surface area contributed by atoms with Crippen LogP contribution in [0.15, 0.2) is 42.3 Å². The summed E-state index contributed by atoms with van der Waals surface area (Å²) < 4.78 is 13.2. The molecule has 0 saturated carbocycles. The van der Waals surface area contributed by atoms with Gasteiger partial charge in [-0.25, -0.2) is 14.2 Å². The molecular formula is C31H45ClFN5O2. The lowest BCUT2D eigenvalue weighted by atomic mass is 9.98. The number of amides is 3. The third-order valence-corrected chi connectivity index (χ3v) is 8.17. The monoisotopic (exact) mass is 573 g/mol. The first-order chi connectivity index (χ1) is 18.7. The molecule has 2 aliphatic rings. The van der Waals surface area contributed by atoms with Crippen molar-refractivity contribution in [2.45, 2.75) is 91.4 Å². The summed E-state index contributed by atoms with van der Waals surface area (Å²) in [6, 6.07) is 2.01. The van der Waals surface area contributed by atoms with Gasteiger partial charge in [0.15, 0.2) is 0 Å². The lowest BCUT2D eigenvalue weighted by molar-refractivity contribution is 0.0901. The molecule has 7 nitrogen and oxygen atoms in total. The van der Waals surface area contributed by atoms with E-state index in [2.05, 4.69) is 28.7 Å². The Hall–Kier alpha value is -2.71. The van der Waals surface area contributed by atoms with Gasteiger partial charge in [-0.05, 0) is 91.0 Å². The first kappa shape index (κ1) is 31.8. The van der Waals surface area contributed by atoms with Crippen molar-refractivity contribution in [2.24, 2.45) is 0 Å². The fourth-order valence-corrected chi connectivity index (χ4v) is 5.98. The Balaban J connectivity index is 1.58. The van der Waals surface area contributed by atoms with Crippen molar-refractivity contribution in [1.82, 2.24) is 25.0 Å². The van der Waals surface area contributed by atoms with E-state index >= 15 is 0 Å². The number of aromatic nitrogens is 1. The number of hydrogen-bond donors (Lipinski definition) is 1. The Morgan fingerprint density at radius 1 is 1.30 bits per heavy atom. The van der Waals surface area contributed by atoms with Crippen molar-refractivity contribution < 1.29 is 14.0 Å². The van der Waals surface area contributed by atoms with Gasteiger partial charge >= 0.3 is 6.03 Å². The molecule has 1 aromatic rings. The van der Waals surface area contributed by atoms with E-state index in [9.17, 15) is 14.0 Å². The van der Waals surface area contributed by atoms with Crippen LogP contribution in [0.3, 0.4) is 0 Å². The summed E-state index contributed by atoms with van der Waals surface area (Å²) >= 11 is 6.01. The molecule has 3 heterocycles. The molecule has 0 spiro atoms. The van der Waals surface area contributed by atoms with E-state index in [-0.39, 0.29) is 41.4 Å². The number of pyridine rings is 1. The molecule has 0 aromatic carbocycles. The van der Waals surface area contributed by atoms with Crippen molar-refractivity contribution in [2.75, 3.05) is 26.2 Å². The number of halogens is 2. The second-order valence-corrected chi connectivity index (χ2v) is 12.4. The molecule has 0 bridgehead atoms. The minimum absolute atomic E-state index is 0.0424. The van der Waals surface area contributed by atoms with Crippen LogP contribution < -0.4 is 5.32 Å². The molecule has 2 saturated heterocycles. The van der Waals surface area contributed by atoms with E-state index in [0.29, 0.717) is 29.5 Å². The van der Waals surface area contributed by atoms with Gasteiger partial charge < -0.3 is 20.0 Å². The molecule has 2 aliphatic heterocycles. The molecule has 0 aliphatic carbocycles. The molecule has 2 fully saturated rings. The zero-order valence-corrected chi connectivity index (χ0v) is 25.8. The summed E-state index contributed by atoms with van der Waals surface area (Å²) in [6.45, 7) is 20.5. The second-order valence-electron chi connectivity index (χ2n) is 12.1. The van der Waals surface area contributed by atoms with Crippen LogP contribution in [-0.4, -0.2) is 81.5 Å². The van der Waals surface area contributed by atoms with E-state index in [1.807, 2.05) is 43.6 Å². The zero-order chi connectivity index (χ0) is 29.8. The number of nitrogens with one attached hydrogen (secondary N) is 1. The van der Waals surface area contributed by atoms with Crippen molar-refractivity contribution >= 4 is 23.5 Å². The van der Waals surface area contributed by atoms with Crippen LogP contribution in [-0.2, 0) is 0 Å². The van der Waals surface area contributed by atoms with Crippen molar-refractivity contribution in [3.05, 3.63) is 64.2 Å². The maximum atomic E-state index is 13.6. The molecule has 1 N–H and O–H groups in total. The smallest absolute Gasteiger partial charge is 0.321 e. The number of carbonyl (C=O) groups is 2. The summed E-state index contributed by atoms with van der Waals surface area (Å²) in [5.41, 5.74) is 2.54. The predicted molar refractivity (Wildman–Crippen MR) is 160 cm³/mol. The zero-order valence-electron chi connectivity index (χ0n) is 25.1. The number of nitrogens with zero attached hydrogens (tertiary/aromatic N) is 4. The van der Waals surface area contributed by atoms with E-state index in [1.165, 1.54) is 13.0 Å². The highest BCUT2D eigenvalue weighted by Crippen LogP contribution is 2.33. The first-order valence-electron chi connectivity index (χ1n) is 14.2. The van der Waals surface area contributed by atoms with E-state index < -0.39 is 0 Å².